The van der Waals surface area contributed by atoms with Crippen molar-refractivity contribution >= 4 is 23.4 Å². The molecule has 3 heterocycles. The highest BCUT2D eigenvalue weighted by atomic mass is 19.4. The standard InChI is InChI=1S/C21H26F3N7O3/c1-10-15-17(31(3)16(11(2)33-4)18(32)29-15)30-20(27-10)28-13-5-12(6-13)9-34-14-7-25-19(26-8-14)21(22,23)24/h7-8,11-13,16H,5-6,9H2,1-4H3,(H,29,32)(H,27,28,30)/t11-,12?,13?,16+/m1/s1. The maximum atomic E-state index is 12.5. The summed E-state index contributed by atoms with van der Waals surface area (Å²) < 4.78 is 48.5. The number of nitrogens with one attached hydrogen (secondary N) is 2. The predicted molar refractivity (Wildman–Crippen MR) is 117 cm³/mol. The molecule has 0 spiro atoms. The van der Waals surface area contributed by atoms with Crippen molar-refractivity contribution in [3.63, 3.8) is 0 Å². The second-order valence-electron chi connectivity index (χ2n) is 8.55. The van der Waals surface area contributed by atoms with E-state index >= 15 is 0 Å². The molecule has 0 bridgehead atoms. The fourth-order valence-electron chi connectivity index (χ4n) is 4.11. The van der Waals surface area contributed by atoms with Crippen LogP contribution in [0.1, 0.15) is 31.3 Å². The van der Waals surface area contributed by atoms with E-state index in [2.05, 4.69) is 30.6 Å². The summed E-state index contributed by atoms with van der Waals surface area (Å²) in [7, 11) is 3.36. The Balaban J connectivity index is 1.32. The molecule has 1 aliphatic carbocycles. The Morgan fingerprint density at radius 1 is 1.26 bits per heavy atom. The van der Waals surface area contributed by atoms with Crippen LogP contribution < -0.4 is 20.3 Å². The van der Waals surface area contributed by atoms with Gasteiger partial charge < -0.3 is 25.0 Å². The van der Waals surface area contributed by atoms with Crippen LogP contribution in [0.3, 0.4) is 0 Å². The molecule has 2 N–H and O–H groups in total. The van der Waals surface area contributed by atoms with Crippen LogP contribution in [-0.2, 0) is 15.7 Å². The highest BCUT2D eigenvalue weighted by Crippen LogP contribution is 2.35. The maximum Gasteiger partial charge on any atom is 0.451 e. The van der Waals surface area contributed by atoms with Crippen molar-refractivity contribution < 1.29 is 27.4 Å². The van der Waals surface area contributed by atoms with Crippen molar-refractivity contribution in [3.8, 4) is 5.75 Å². The average molecular weight is 481 g/mol. The summed E-state index contributed by atoms with van der Waals surface area (Å²) in [5, 5.41) is 6.19. The van der Waals surface area contributed by atoms with Gasteiger partial charge in [-0.15, -0.1) is 0 Å². The number of anilines is 3. The summed E-state index contributed by atoms with van der Waals surface area (Å²) in [6.45, 7) is 3.98. The van der Waals surface area contributed by atoms with Gasteiger partial charge in [0, 0.05) is 20.2 Å². The molecule has 2 aromatic heterocycles. The molecular formula is C21H26F3N7O3. The van der Waals surface area contributed by atoms with Crippen LogP contribution >= 0.6 is 0 Å². The predicted octanol–water partition coefficient (Wildman–Crippen LogP) is 2.66. The maximum absolute atomic E-state index is 12.5. The number of ether oxygens (including phenoxy) is 2. The van der Waals surface area contributed by atoms with Crippen LogP contribution in [0.4, 0.5) is 30.6 Å². The van der Waals surface area contributed by atoms with E-state index in [0.717, 1.165) is 25.2 Å². The van der Waals surface area contributed by atoms with Gasteiger partial charge in [0.2, 0.25) is 17.7 Å². The minimum Gasteiger partial charge on any atom is -0.490 e. The molecule has 1 fully saturated rings. The second kappa shape index (κ2) is 9.20. The molecule has 1 saturated carbocycles. The number of rotatable bonds is 7. The number of alkyl halides is 3. The molecule has 13 heteroatoms. The largest absolute Gasteiger partial charge is 0.490 e. The number of hydrogen-bond acceptors (Lipinski definition) is 9. The van der Waals surface area contributed by atoms with E-state index in [1.54, 1.807) is 19.1 Å². The summed E-state index contributed by atoms with van der Waals surface area (Å²) in [5.41, 5.74) is 1.23. The van der Waals surface area contributed by atoms with Crippen LogP contribution in [0.15, 0.2) is 12.4 Å². The lowest BCUT2D eigenvalue weighted by molar-refractivity contribution is -0.145. The Kier molecular flexibility index (Phi) is 6.47. The van der Waals surface area contributed by atoms with E-state index in [1.165, 1.54) is 0 Å². The van der Waals surface area contributed by atoms with Crippen molar-refractivity contribution in [2.45, 2.75) is 51.1 Å². The van der Waals surface area contributed by atoms with Gasteiger partial charge in [-0.25, -0.2) is 15.0 Å². The van der Waals surface area contributed by atoms with Crippen molar-refractivity contribution in [3.05, 3.63) is 23.9 Å². The second-order valence-corrected chi connectivity index (χ2v) is 8.55. The van der Waals surface area contributed by atoms with E-state index in [1.807, 2.05) is 13.8 Å². The highest BCUT2D eigenvalue weighted by molar-refractivity contribution is 6.03. The zero-order valence-electron chi connectivity index (χ0n) is 19.2. The molecule has 34 heavy (non-hydrogen) atoms. The summed E-state index contributed by atoms with van der Waals surface area (Å²) in [5.74, 6) is 0.141. The lowest BCUT2D eigenvalue weighted by atomic mass is 9.81. The molecule has 0 saturated heterocycles. The molecule has 1 amide bonds. The lowest BCUT2D eigenvalue weighted by Gasteiger charge is -2.38. The van der Waals surface area contributed by atoms with Crippen LogP contribution in [0.2, 0.25) is 0 Å². The van der Waals surface area contributed by atoms with Gasteiger partial charge in [-0.05, 0) is 32.6 Å². The highest BCUT2D eigenvalue weighted by Gasteiger charge is 2.38. The number of likely N-dealkylation sites (N-methyl/N-ethyl adjacent to an activating group) is 1. The van der Waals surface area contributed by atoms with Crippen LogP contribution in [0, 0.1) is 12.8 Å². The van der Waals surface area contributed by atoms with Gasteiger partial charge in [0.25, 0.3) is 0 Å². The minimum absolute atomic E-state index is 0.132. The Hall–Kier alpha value is -3.22. The Labute approximate surface area is 194 Å². The third kappa shape index (κ3) is 4.83. The third-order valence-electron chi connectivity index (χ3n) is 6.09. The minimum atomic E-state index is -4.58. The number of hydrogen-bond donors (Lipinski definition) is 2. The number of aromatic nitrogens is 4. The summed E-state index contributed by atoms with van der Waals surface area (Å²) in [4.78, 5) is 30.0. The smallest absolute Gasteiger partial charge is 0.451 e. The Morgan fingerprint density at radius 2 is 1.94 bits per heavy atom. The molecule has 184 valence electrons. The number of aryl methyl sites for hydroxylation is 1. The van der Waals surface area contributed by atoms with Crippen LogP contribution in [0.25, 0.3) is 0 Å². The van der Waals surface area contributed by atoms with Gasteiger partial charge in [0.1, 0.15) is 11.7 Å². The van der Waals surface area contributed by atoms with Gasteiger partial charge in [-0.1, -0.05) is 0 Å². The lowest BCUT2D eigenvalue weighted by Crippen LogP contribution is -2.53. The Bertz CT molecular complexity index is 1050. The van der Waals surface area contributed by atoms with E-state index in [0.29, 0.717) is 29.8 Å². The molecule has 0 aromatic carbocycles. The average Bonchev–Trinajstić information content (AvgIpc) is 2.75. The van der Waals surface area contributed by atoms with Gasteiger partial charge >= 0.3 is 6.18 Å². The van der Waals surface area contributed by atoms with E-state index in [4.69, 9.17) is 9.47 Å². The van der Waals surface area contributed by atoms with Crippen molar-refractivity contribution in [2.75, 3.05) is 36.3 Å². The molecule has 2 aliphatic rings. The Morgan fingerprint density at radius 3 is 2.56 bits per heavy atom. The molecule has 4 rings (SSSR count). The van der Waals surface area contributed by atoms with Crippen LogP contribution in [-0.4, -0.2) is 64.8 Å². The number of nitrogens with zero attached hydrogens (tertiary/aromatic N) is 5. The van der Waals surface area contributed by atoms with Crippen molar-refractivity contribution in [2.24, 2.45) is 5.92 Å². The van der Waals surface area contributed by atoms with Gasteiger partial charge in [0.15, 0.2) is 11.6 Å². The molecule has 0 radical (unpaired) electrons. The quantitative estimate of drug-likeness (QED) is 0.616. The summed E-state index contributed by atoms with van der Waals surface area (Å²) in [6.07, 6.45) is -1.27. The topological polar surface area (TPSA) is 114 Å². The first-order valence-corrected chi connectivity index (χ1v) is 10.8. The van der Waals surface area contributed by atoms with Crippen molar-refractivity contribution in [1.29, 1.82) is 0 Å². The van der Waals surface area contributed by atoms with E-state index in [9.17, 15) is 18.0 Å². The fraction of sp³-hybridized carbons (Fsp3) is 0.571. The number of halogens is 3. The first-order valence-electron chi connectivity index (χ1n) is 10.8. The number of methoxy groups -OCH3 is 1. The summed E-state index contributed by atoms with van der Waals surface area (Å²) >= 11 is 0. The first kappa shape index (κ1) is 23.9. The third-order valence-corrected chi connectivity index (χ3v) is 6.09. The van der Waals surface area contributed by atoms with Gasteiger partial charge in [0.05, 0.1) is 30.8 Å². The molecule has 2 atom stereocenters. The SMILES string of the molecule is CO[C@H](C)[C@H]1C(=O)Nc2c(C)nc(NC3CC(COc4cnc(C(F)(F)F)nc4)C3)nc2N1C. The molecule has 1 aliphatic heterocycles. The number of carbonyl (C=O) groups excluding carboxylic acids is 1. The zero-order chi connectivity index (χ0) is 24.6. The van der Waals surface area contributed by atoms with Gasteiger partial charge in [-0.2, -0.15) is 18.2 Å². The molecule has 2 aromatic rings. The molecule has 0 unspecified atom stereocenters. The monoisotopic (exact) mass is 481 g/mol. The normalized spacial score (nSPS) is 23.0. The van der Waals surface area contributed by atoms with Gasteiger partial charge in [-0.3, -0.25) is 4.79 Å². The van der Waals surface area contributed by atoms with E-state index in [-0.39, 0.29) is 29.7 Å². The first-order chi connectivity index (χ1) is 16.1. The fourth-order valence-corrected chi connectivity index (χ4v) is 4.11. The number of carbonyl (C=O) groups is 1. The number of amides is 1. The molecule has 10 nitrogen and oxygen atoms in total. The van der Waals surface area contributed by atoms with Crippen molar-refractivity contribution in [1.82, 2.24) is 19.9 Å². The summed E-state index contributed by atoms with van der Waals surface area (Å²) in [6, 6.07) is -0.383. The number of fused-ring (bicyclic) bond motifs is 1. The van der Waals surface area contributed by atoms with Crippen LogP contribution in [0.5, 0.6) is 5.75 Å². The molecular weight excluding hydrogens is 455 g/mol. The van der Waals surface area contributed by atoms with E-state index < -0.39 is 18.0 Å². The zero-order valence-corrected chi connectivity index (χ0v) is 19.2.